The minimum atomic E-state index is -1.75. The molecule has 0 aliphatic carbocycles. The number of benzene rings is 2. The molecule has 1 atom stereocenters. The van der Waals surface area contributed by atoms with E-state index >= 15 is 0 Å². The topological polar surface area (TPSA) is 70.0 Å². The molecule has 0 saturated carbocycles. The maximum absolute atomic E-state index is 13.8. The van der Waals surface area contributed by atoms with Gasteiger partial charge in [-0.2, -0.15) is 0 Å². The van der Waals surface area contributed by atoms with Gasteiger partial charge in [-0.05, 0) is 48.9 Å². The number of ketones is 1. The van der Waals surface area contributed by atoms with E-state index in [1.165, 1.54) is 6.07 Å². The minimum absolute atomic E-state index is 0.104. The molecule has 126 valence electrons. The fraction of sp³-hybridized carbons (Fsp3) is 0.211. The van der Waals surface area contributed by atoms with E-state index in [-0.39, 0.29) is 17.8 Å². The van der Waals surface area contributed by atoms with Crippen molar-refractivity contribution in [2.75, 3.05) is 11.4 Å². The lowest BCUT2D eigenvalue weighted by atomic mass is 9.87. The number of aryl methyl sites for hydroxylation is 1. The number of hydrogen-bond donors (Lipinski definition) is 1. The summed E-state index contributed by atoms with van der Waals surface area (Å²) in [5, 5.41) is 10.9. The minimum Gasteiger partial charge on any atom is -0.374 e. The average Bonchev–Trinajstić information content (AvgIpc) is 2.95. The Morgan fingerprint density at radius 3 is 2.68 bits per heavy atom. The zero-order chi connectivity index (χ0) is 17.8. The van der Waals surface area contributed by atoms with Gasteiger partial charge in [-0.25, -0.2) is 9.38 Å². The maximum Gasteiger partial charge on any atom is 0.204 e. The van der Waals surface area contributed by atoms with E-state index in [4.69, 9.17) is 0 Å². The number of anilines is 1. The second kappa shape index (κ2) is 5.32. The van der Waals surface area contributed by atoms with Crippen LogP contribution in [0.3, 0.4) is 0 Å². The summed E-state index contributed by atoms with van der Waals surface area (Å²) < 4.78 is 13.8. The summed E-state index contributed by atoms with van der Waals surface area (Å²) in [6, 6.07) is 9.48. The van der Waals surface area contributed by atoms with Crippen molar-refractivity contribution in [2.24, 2.45) is 4.99 Å². The molecule has 2 aromatic rings. The van der Waals surface area contributed by atoms with Crippen molar-refractivity contribution >= 4 is 29.3 Å². The van der Waals surface area contributed by atoms with Gasteiger partial charge in [0.15, 0.2) is 5.60 Å². The summed E-state index contributed by atoms with van der Waals surface area (Å²) in [4.78, 5) is 29.8. The van der Waals surface area contributed by atoms with E-state index in [9.17, 15) is 19.1 Å². The van der Waals surface area contributed by atoms with Crippen LogP contribution in [-0.4, -0.2) is 35.2 Å². The van der Waals surface area contributed by atoms with Crippen molar-refractivity contribution in [2.45, 2.75) is 18.9 Å². The van der Waals surface area contributed by atoms with Gasteiger partial charge in [-0.3, -0.25) is 9.59 Å². The molecule has 2 heterocycles. The van der Waals surface area contributed by atoms with E-state index in [0.29, 0.717) is 23.4 Å². The molecule has 0 unspecified atom stereocenters. The first-order valence-corrected chi connectivity index (χ1v) is 7.93. The zero-order valence-corrected chi connectivity index (χ0v) is 13.5. The summed E-state index contributed by atoms with van der Waals surface area (Å²) in [6.45, 7) is 2.00. The molecule has 1 fully saturated rings. The number of amidine groups is 1. The van der Waals surface area contributed by atoms with Crippen LogP contribution in [0.2, 0.25) is 0 Å². The van der Waals surface area contributed by atoms with Gasteiger partial charge in [0.2, 0.25) is 5.78 Å². The molecule has 5 nitrogen and oxygen atoms in total. The number of halogens is 1. The highest BCUT2D eigenvalue weighted by molar-refractivity contribution is 6.28. The van der Waals surface area contributed by atoms with Gasteiger partial charge in [0.25, 0.3) is 0 Å². The van der Waals surface area contributed by atoms with Gasteiger partial charge in [0.1, 0.15) is 17.9 Å². The first-order valence-electron chi connectivity index (χ1n) is 7.93. The summed E-state index contributed by atoms with van der Waals surface area (Å²) in [7, 11) is 0. The van der Waals surface area contributed by atoms with Gasteiger partial charge >= 0.3 is 0 Å². The van der Waals surface area contributed by atoms with Crippen LogP contribution in [0.25, 0.3) is 0 Å². The molecule has 0 radical (unpaired) electrons. The number of nitrogens with zero attached hydrogens (tertiary/aromatic N) is 2. The van der Waals surface area contributed by atoms with Crippen LogP contribution in [0.1, 0.15) is 32.7 Å². The monoisotopic (exact) mass is 338 g/mol. The quantitative estimate of drug-likeness (QED) is 0.855. The number of aliphatic hydroxyl groups is 1. The Bertz CT molecular complexity index is 936. The fourth-order valence-corrected chi connectivity index (χ4v) is 3.34. The molecule has 2 aromatic carbocycles. The van der Waals surface area contributed by atoms with Crippen molar-refractivity contribution < 1.29 is 19.1 Å². The van der Waals surface area contributed by atoms with Crippen LogP contribution in [0.15, 0.2) is 41.4 Å². The third-order valence-corrected chi connectivity index (χ3v) is 4.79. The SMILES string of the molecule is Cc1cc2c(cc1F)C(=O)[C@]1(O)CCN(c3ccc(C=O)cc3)C1=N2. The smallest absolute Gasteiger partial charge is 0.204 e. The van der Waals surface area contributed by atoms with Crippen molar-refractivity contribution in [3.63, 3.8) is 0 Å². The van der Waals surface area contributed by atoms with Crippen LogP contribution in [0.4, 0.5) is 15.8 Å². The number of rotatable bonds is 2. The molecule has 6 heteroatoms. The first-order chi connectivity index (χ1) is 11.9. The van der Waals surface area contributed by atoms with E-state index in [1.807, 2.05) is 0 Å². The Hall–Kier alpha value is -2.86. The van der Waals surface area contributed by atoms with Gasteiger partial charge in [-0.15, -0.1) is 0 Å². The van der Waals surface area contributed by atoms with E-state index < -0.39 is 17.2 Å². The van der Waals surface area contributed by atoms with Crippen molar-refractivity contribution in [1.82, 2.24) is 0 Å². The molecular formula is C19H15FN2O3. The van der Waals surface area contributed by atoms with Crippen LogP contribution < -0.4 is 4.90 Å². The lowest BCUT2D eigenvalue weighted by Crippen LogP contribution is -2.48. The summed E-state index contributed by atoms with van der Waals surface area (Å²) >= 11 is 0. The van der Waals surface area contributed by atoms with E-state index in [0.717, 1.165) is 18.0 Å². The highest BCUT2D eigenvalue weighted by Crippen LogP contribution is 2.40. The molecule has 0 aromatic heterocycles. The van der Waals surface area contributed by atoms with Crippen LogP contribution in [-0.2, 0) is 0 Å². The molecule has 2 aliphatic rings. The lowest BCUT2D eigenvalue weighted by Gasteiger charge is -2.30. The number of carbonyl (C=O) groups excluding carboxylic acids is 2. The van der Waals surface area contributed by atoms with Crippen molar-refractivity contribution in [1.29, 1.82) is 0 Å². The number of hydrogen-bond acceptors (Lipinski definition) is 5. The highest BCUT2D eigenvalue weighted by Gasteiger charge is 2.52. The van der Waals surface area contributed by atoms with Crippen molar-refractivity contribution in [3.8, 4) is 0 Å². The van der Waals surface area contributed by atoms with Crippen LogP contribution in [0.5, 0.6) is 0 Å². The fourth-order valence-electron chi connectivity index (χ4n) is 3.34. The Morgan fingerprint density at radius 2 is 2.00 bits per heavy atom. The maximum atomic E-state index is 13.8. The van der Waals surface area contributed by atoms with Crippen molar-refractivity contribution in [3.05, 3.63) is 58.9 Å². The largest absolute Gasteiger partial charge is 0.374 e. The predicted molar refractivity (Wildman–Crippen MR) is 91.3 cm³/mol. The van der Waals surface area contributed by atoms with Crippen LogP contribution in [0, 0.1) is 12.7 Å². The molecule has 4 rings (SSSR count). The molecule has 0 spiro atoms. The van der Waals surface area contributed by atoms with E-state index in [2.05, 4.69) is 4.99 Å². The average molecular weight is 338 g/mol. The van der Waals surface area contributed by atoms with Gasteiger partial charge in [0.05, 0.1) is 5.69 Å². The lowest BCUT2D eigenvalue weighted by molar-refractivity contribution is 0.0601. The zero-order valence-electron chi connectivity index (χ0n) is 13.5. The summed E-state index contributed by atoms with van der Waals surface area (Å²) in [6.07, 6.45) is 0.925. The Kier molecular flexibility index (Phi) is 3.33. The van der Waals surface area contributed by atoms with Gasteiger partial charge in [-0.1, -0.05) is 0 Å². The molecule has 1 N–H and O–H groups in total. The molecule has 0 amide bonds. The second-order valence-corrected chi connectivity index (χ2v) is 6.35. The number of carbonyl (C=O) groups is 2. The number of fused-ring (bicyclic) bond motifs is 2. The standard InChI is InChI=1S/C19H15FN2O3/c1-11-8-16-14(9-15(11)20)17(24)19(25)6-7-22(18(19)21-16)13-4-2-12(10-23)3-5-13/h2-5,8-10,25H,6-7H2,1H3/t19-/m1/s1. The summed E-state index contributed by atoms with van der Waals surface area (Å²) in [5.74, 6) is -0.776. The van der Waals surface area contributed by atoms with Crippen LogP contribution >= 0.6 is 0 Å². The Labute approximate surface area is 143 Å². The highest BCUT2D eigenvalue weighted by atomic mass is 19.1. The van der Waals surface area contributed by atoms with Gasteiger partial charge < -0.3 is 10.0 Å². The number of Topliss-reactive ketones (excluding diaryl/α,β-unsaturated/α-hetero) is 1. The van der Waals surface area contributed by atoms with E-state index in [1.54, 1.807) is 36.1 Å². The predicted octanol–water partition coefficient (Wildman–Crippen LogP) is 2.81. The second-order valence-electron chi connectivity index (χ2n) is 6.35. The normalized spacial score (nSPS) is 21.6. The third kappa shape index (κ3) is 2.21. The Balaban J connectivity index is 1.84. The summed E-state index contributed by atoms with van der Waals surface area (Å²) in [5.41, 5.74) is 0.373. The molecule has 1 saturated heterocycles. The molecular weight excluding hydrogens is 323 g/mol. The molecule has 0 bridgehead atoms. The third-order valence-electron chi connectivity index (χ3n) is 4.79. The molecule has 25 heavy (non-hydrogen) atoms. The first kappa shape index (κ1) is 15.7. The van der Waals surface area contributed by atoms with Gasteiger partial charge in [0, 0.05) is 29.8 Å². The molecule has 2 aliphatic heterocycles. The number of aliphatic imine (C=N–C) groups is 1. The number of aldehydes is 1. The Morgan fingerprint density at radius 1 is 1.28 bits per heavy atom.